The summed E-state index contributed by atoms with van der Waals surface area (Å²) < 4.78 is 5.30. The predicted octanol–water partition coefficient (Wildman–Crippen LogP) is 3.64. The molecule has 2 heteroatoms. The van der Waals surface area contributed by atoms with Gasteiger partial charge in [0.25, 0.3) is 0 Å². The van der Waals surface area contributed by atoms with Crippen molar-refractivity contribution in [1.82, 2.24) is 4.90 Å². The van der Waals surface area contributed by atoms with Gasteiger partial charge in [0.2, 0.25) is 0 Å². The van der Waals surface area contributed by atoms with Gasteiger partial charge in [0.05, 0.1) is 6.54 Å². The van der Waals surface area contributed by atoms with Gasteiger partial charge < -0.3 is 9.64 Å². The van der Waals surface area contributed by atoms with Crippen LogP contribution in [0.5, 0.6) is 0 Å². The fourth-order valence-corrected chi connectivity index (χ4v) is 0.877. The lowest BCUT2D eigenvalue weighted by Gasteiger charge is -2.27. The summed E-state index contributed by atoms with van der Waals surface area (Å²) in [6.07, 6.45) is 1.25. The minimum Gasteiger partial charge on any atom is -0.495 e. The Morgan fingerprint density at radius 2 is 1.64 bits per heavy atom. The maximum Gasteiger partial charge on any atom is 0.112 e. The normalized spacial score (nSPS) is 14.6. The first-order valence-corrected chi connectivity index (χ1v) is 5.64. The maximum atomic E-state index is 5.30. The molecule has 0 saturated heterocycles. The number of allylic oxidation sites excluding steroid dienone is 2. The molecule has 0 saturated carbocycles. The van der Waals surface area contributed by atoms with Gasteiger partial charge in [-0.1, -0.05) is 34.1 Å². The van der Waals surface area contributed by atoms with Crippen LogP contribution in [0.1, 0.15) is 48.0 Å². The summed E-state index contributed by atoms with van der Waals surface area (Å²) in [5, 5.41) is 0. The number of nitrogens with zero attached hydrogens (tertiary/aromatic N) is 1. The summed E-state index contributed by atoms with van der Waals surface area (Å²) >= 11 is 0. The number of hydrogen-bond donors (Lipinski definition) is 0. The SMILES string of the molecule is CC.CC1=C(C)N(C)CCO1.CCC. The summed E-state index contributed by atoms with van der Waals surface area (Å²) in [4.78, 5) is 2.21. The monoisotopic (exact) mass is 201 g/mol. The molecule has 0 bridgehead atoms. The Morgan fingerprint density at radius 1 is 1.21 bits per heavy atom. The summed E-state index contributed by atoms with van der Waals surface area (Å²) in [5.74, 6) is 1.06. The smallest absolute Gasteiger partial charge is 0.112 e. The summed E-state index contributed by atoms with van der Waals surface area (Å²) in [7, 11) is 2.08. The Morgan fingerprint density at radius 3 is 1.93 bits per heavy atom. The Bertz CT molecular complexity index is 152. The lowest BCUT2D eigenvalue weighted by atomic mass is 10.3. The first kappa shape index (κ1) is 15.8. The van der Waals surface area contributed by atoms with E-state index in [1.165, 1.54) is 12.1 Å². The minimum absolute atomic E-state index is 0.833. The van der Waals surface area contributed by atoms with Crippen molar-refractivity contribution in [3.8, 4) is 0 Å². The van der Waals surface area contributed by atoms with Crippen molar-refractivity contribution >= 4 is 0 Å². The molecule has 86 valence electrons. The van der Waals surface area contributed by atoms with E-state index < -0.39 is 0 Å². The Balaban J connectivity index is 0. The maximum absolute atomic E-state index is 5.30. The van der Waals surface area contributed by atoms with E-state index in [2.05, 4.69) is 32.7 Å². The molecule has 0 N–H and O–H groups in total. The van der Waals surface area contributed by atoms with Crippen LogP contribution in [0.2, 0.25) is 0 Å². The van der Waals surface area contributed by atoms with Crippen molar-refractivity contribution in [2.75, 3.05) is 20.2 Å². The molecule has 0 aliphatic carbocycles. The molecule has 0 unspecified atom stereocenters. The average Bonchev–Trinajstić information content (AvgIpc) is 2.19. The zero-order valence-electron chi connectivity index (χ0n) is 11.0. The van der Waals surface area contributed by atoms with Gasteiger partial charge in [-0.2, -0.15) is 0 Å². The molecule has 1 rings (SSSR count). The van der Waals surface area contributed by atoms with E-state index in [9.17, 15) is 0 Å². The van der Waals surface area contributed by atoms with Gasteiger partial charge in [0.1, 0.15) is 12.4 Å². The third kappa shape index (κ3) is 6.81. The largest absolute Gasteiger partial charge is 0.495 e. The molecule has 0 aromatic rings. The van der Waals surface area contributed by atoms with Crippen LogP contribution in [0, 0.1) is 0 Å². The van der Waals surface area contributed by atoms with Crippen LogP contribution in [0.3, 0.4) is 0 Å². The molecule has 0 atom stereocenters. The molecule has 1 aliphatic rings. The van der Waals surface area contributed by atoms with Gasteiger partial charge in [-0.05, 0) is 13.8 Å². The quantitative estimate of drug-likeness (QED) is 0.593. The van der Waals surface area contributed by atoms with Gasteiger partial charge >= 0.3 is 0 Å². The van der Waals surface area contributed by atoms with Gasteiger partial charge in [-0.3, -0.25) is 0 Å². The van der Waals surface area contributed by atoms with Crippen molar-refractivity contribution in [3.05, 3.63) is 11.5 Å². The van der Waals surface area contributed by atoms with Crippen LogP contribution >= 0.6 is 0 Å². The number of rotatable bonds is 0. The van der Waals surface area contributed by atoms with Gasteiger partial charge in [0, 0.05) is 12.7 Å². The molecule has 1 heterocycles. The van der Waals surface area contributed by atoms with Crippen molar-refractivity contribution in [1.29, 1.82) is 0 Å². The van der Waals surface area contributed by atoms with E-state index >= 15 is 0 Å². The van der Waals surface area contributed by atoms with Crippen LogP contribution in [-0.4, -0.2) is 25.1 Å². The van der Waals surface area contributed by atoms with Gasteiger partial charge in [-0.25, -0.2) is 0 Å². The molecular formula is C12H27NO. The Hall–Kier alpha value is -0.660. The van der Waals surface area contributed by atoms with E-state index in [1.54, 1.807) is 0 Å². The molecule has 1 aliphatic heterocycles. The fourth-order valence-electron chi connectivity index (χ4n) is 0.877. The van der Waals surface area contributed by atoms with E-state index in [0.29, 0.717) is 0 Å². The van der Waals surface area contributed by atoms with Crippen LogP contribution in [-0.2, 0) is 4.74 Å². The van der Waals surface area contributed by atoms with E-state index in [0.717, 1.165) is 18.9 Å². The van der Waals surface area contributed by atoms with Crippen molar-refractivity contribution in [2.45, 2.75) is 48.0 Å². The third-order valence-corrected chi connectivity index (χ3v) is 1.83. The van der Waals surface area contributed by atoms with Crippen molar-refractivity contribution in [2.24, 2.45) is 0 Å². The van der Waals surface area contributed by atoms with E-state index in [1.807, 2.05) is 20.8 Å². The fraction of sp³-hybridized carbons (Fsp3) is 0.833. The highest BCUT2D eigenvalue weighted by molar-refractivity contribution is 5.03. The van der Waals surface area contributed by atoms with Crippen LogP contribution in [0.15, 0.2) is 11.5 Å². The van der Waals surface area contributed by atoms with Crippen molar-refractivity contribution in [3.63, 3.8) is 0 Å². The summed E-state index contributed by atoms with van der Waals surface area (Å²) in [5.41, 5.74) is 1.25. The number of hydrogen-bond acceptors (Lipinski definition) is 2. The first-order chi connectivity index (χ1) is 6.63. The molecule has 0 aromatic carbocycles. The summed E-state index contributed by atoms with van der Waals surface area (Å²) in [6.45, 7) is 14.2. The zero-order chi connectivity index (χ0) is 11.6. The lowest BCUT2D eigenvalue weighted by Crippen LogP contribution is -2.26. The number of ether oxygens (including phenoxy) is 1. The van der Waals surface area contributed by atoms with E-state index in [-0.39, 0.29) is 0 Å². The van der Waals surface area contributed by atoms with Crippen LogP contribution < -0.4 is 0 Å². The highest BCUT2D eigenvalue weighted by Gasteiger charge is 2.09. The molecule has 0 fully saturated rings. The lowest BCUT2D eigenvalue weighted by molar-refractivity contribution is 0.144. The summed E-state index contributed by atoms with van der Waals surface area (Å²) in [6, 6.07) is 0. The van der Waals surface area contributed by atoms with Crippen molar-refractivity contribution < 1.29 is 4.74 Å². The molecule has 14 heavy (non-hydrogen) atoms. The molecule has 0 spiro atoms. The third-order valence-electron chi connectivity index (χ3n) is 1.83. The van der Waals surface area contributed by atoms with Crippen LogP contribution in [0.4, 0.5) is 0 Å². The first-order valence-electron chi connectivity index (χ1n) is 5.64. The average molecular weight is 201 g/mol. The Labute approximate surface area is 89.9 Å². The minimum atomic E-state index is 0.833. The van der Waals surface area contributed by atoms with Crippen LogP contribution in [0.25, 0.3) is 0 Å². The number of likely N-dealkylation sites (N-methyl/N-ethyl adjacent to an activating group) is 1. The molecule has 0 radical (unpaired) electrons. The molecular weight excluding hydrogens is 174 g/mol. The second kappa shape index (κ2) is 10.4. The standard InChI is InChI=1S/C7H13NO.C3H8.C2H6/c1-6-7(2)9-5-4-8(6)3;1-3-2;1-2/h4-5H2,1-3H3;3H2,1-2H3;1-2H3. The van der Waals surface area contributed by atoms with Gasteiger partial charge in [-0.15, -0.1) is 0 Å². The highest BCUT2D eigenvalue weighted by Crippen LogP contribution is 2.12. The zero-order valence-corrected chi connectivity index (χ0v) is 11.0. The second-order valence-corrected chi connectivity index (χ2v) is 3.12. The van der Waals surface area contributed by atoms with Gasteiger partial charge in [0.15, 0.2) is 0 Å². The topological polar surface area (TPSA) is 12.5 Å². The second-order valence-electron chi connectivity index (χ2n) is 3.12. The highest BCUT2D eigenvalue weighted by atomic mass is 16.5. The predicted molar refractivity (Wildman–Crippen MR) is 64.3 cm³/mol. The molecule has 0 amide bonds. The molecule has 2 nitrogen and oxygen atoms in total. The van der Waals surface area contributed by atoms with E-state index in [4.69, 9.17) is 4.74 Å². The molecule has 0 aromatic heterocycles. The Kier molecular flexibility index (Phi) is 11.8.